The summed E-state index contributed by atoms with van der Waals surface area (Å²) in [7, 11) is 0. The molecule has 0 unspecified atom stereocenters. The zero-order valence-electron chi connectivity index (χ0n) is 10.6. The molecule has 0 atom stereocenters. The first-order valence-electron chi connectivity index (χ1n) is 6.38. The van der Waals surface area contributed by atoms with Crippen LogP contribution >= 0.6 is 0 Å². The minimum absolute atomic E-state index is 0.188. The summed E-state index contributed by atoms with van der Waals surface area (Å²) >= 11 is 0. The third-order valence-electron chi connectivity index (χ3n) is 3.01. The molecule has 0 spiro atoms. The Labute approximate surface area is 110 Å². The lowest BCUT2D eigenvalue weighted by molar-refractivity contribution is -0.135. The molecule has 5 heteroatoms. The highest BCUT2D eigenvalue weighted by Gasteiger charge is 2.25. The Hall–Kier alpha value is -1.49. The number of hydrogen-bond acceptors (Lipinski definition) is 1. The Kier molecular flexibility index (Phi) is 4.47. The van der Waals surface area contributed by atoms with E-state index in [9.17, 15) is 13.2 Å². The summed E-state index contributed by atoms with van der Waals surface area (Å²) in [4.78, 5) is 3.12. The number of benzene rings is 1. The maximum absolute atomic E-state index is 11.9. The van der Waals surface area contributed by atoms with Crippen LogP contribution < -0.4 is 5.32 Å². The SMILES string of the molecule is FC(F)(F)CCCCNCc1ccc2[nH]ccc2c1. The summed E-state index contributed by atoms with van der Waals surface area (Å²) in [6.07, 6.45) is -2.10. The molecule has 2 aromatic rings. The van der Waals surface area contributed by atoms with Crippen molar-refractivity contribution in [3.05, 3.63) is 36.0 Å². The molecular weight excluding hydrogens is 253 g/mol. The first kappa shape index (κ1) is 13.9. The number of nitrogens with one attached hydrogen (secondary N) is 2. The first-order chi connectivity index (χ1) is 9.04. The molecule has 0 amide bonds. The number of alkyl halides is 3. The van der Waals surface area contributed by atoms with Crippen LogP contribution in [0.2, 0.25) is 0 Å². The number of aromatic nitrogens is 1. The number of H-pyrrole nitrogens is 1. The third-order valence-corrected chi connectivity index (χ3v) is 3.01. The van der Waals surface area contributed by atoms with E-state index in [1.807, 2.05) is 24.4 Å². The minimum Gasteiger partial charge on any atom is -0.361 e. The van der Waals surface area contributed by atoms with Gasteiger partial charge >= 0.3 is 6.18 Å². The van der Waals surface area contributed by atoms with Crippen molar-refractivity contribution in [1.82, 2.24) is 10.3 Å². The van der Waals surface area contributed by atoms with E-state index in [0.717, 1.165) is 16.5 Å². The van der Waals surface area contributed by atoms with E-state index in [4.69, 9.17) is 0 Å². The maximum atomic E-state index is 11.9. The van der Waals surface area contributed by atoms with Gasteiger partial charge in [0.25, 0.3) is 0 Å². The van der Waals surface area contributed by atoms with Gasteiger partial charge in [0, 0.05) is 24.7 Å². The summed E-state index contributed by atoms with van der Waals surface area (Å²) in [6, 6.07) is 8.11. The van der Waals surface area contributed by atoms with Crippen LogP contribution in [0.5, 0.6) is 0 Å². The molecule has 0 fully saturated rings. The zero-order valence-corrected chi connectivity index (χ0v) is 10.6. The van der Waals surface area contributed by atoms with Crippen molar-refractivity contribution in [2.24, 2.45) is 0 Å². The van der Waals surface area contributed by atoms with Gasteiger partial charge in [0.1, 0.15) is 0 Å². The summed E-state index contributed by atoms with van der Waals surface area (Å²) in [6.45, 7) is 1.30. The predicted octanol–water partition coefficient (Wildman–Crippen LogP) is 3.99. The van der Waals surface area contributed by atoms with E-state index in [0.29, 0.717) is 19.5 Å². The van der Waals surface area contributed by atoms with Gasteiger partial charge in [-0.2, -0.15) is 13.2 Å². The van der Waals surface area contributed by atoms with Gasteiger partial charge in [0.2, 0.25) is 0 Å². The predicted molar refractivity (Wildman–Crippen MR) is 69.9 cm³/mol. The highest BCUT2D eigenvalue weighted by molar-refractivity contribution is 5.79. The van der Waals surface area contributed by atoms with Crippen LogP contribution in [0.15, 0.2) is 30.5 Å². The molecule has 1 aromatic carbocycles. The van der Waals surface area contributed by atoms with Crippen LogP contribution in [0.25, 0.3) is 10.9 Å². The van der Waals surface area contributed by atoms with Gasteiger partial charge in [-0.1, -0.05) is 6.07 Å². The number of unbranched alkanes of at least 4 members (excludes halogenated alkanes) is 1. The van der Waals surface area contributed by atoms with E-state index in [1.54, 1.807) is 0 Å². The van der Waals surface area contributed by atoms with Gasteiger partial charge in [-0.3, -0.25) is 0 Å². The monoisotopic (exact) mass is 270 g/mol. The number of hydrogen-bond donors (Lipinski definition) is 2. The lowest BCUT2D eigenvalue weighted by Crippen LogP contribution is -2.15. The second-order valence-corrected chi connectivity index (χ2v) is 4.65. The molecule has 2 nitrogen and oxygen atoms in total. The van der Waals surface area contributed by atoms with Crippen LogP contribution in [-0.2, 0) is 6.54 Å². The fraction of sp³-hybridized carbons (Fsp3) is 0.429. The molecule has 0 aliphatic rings. The average molecular weight is 270 g/mol. The van der Waals surface area contributed by atoms with Crippen LogP contribution in [0.1, 0.15) is 24.8 Å². The zero-order chi connectivity index (χ0) is 13.7. The van der Waals surface area contributed by atoms with Gasteiger partial charge < -0.3 is 10.3 Å². The molecular formula is C14H17F3N2. The van der Waals surface area contributed by atoms with Gasteiger partial charge in [0.15, 0.2) is 0 Å². The fourth-order valence-corrected chi connectivity index (χ4v) is 2.02. The average Bonchev–Trinajstić information content (AvgIpc) is 2.79. The van der Waals surface area contributed by atoms with E-state index in [1.165, 1.54) is 0 Å². The Morgan fingerprint density at radius 1 is 1.11 bits per heavy atom. The quantitative estimate of drug-likeness (QED) is 0.763. The number of aromatic amines is 1. The molecule has 2 rings (SSSR count). The minimum atomic E-state index is -4.03. The Bertz CT molecular complexity index is 517. The third kappa shape index (κ3) is 4.59. The number of fused-ring (bicyclic) bond motifs is 1. The van der Waals surface area contributed by atoms with Crippen molar-refractivity contribution in [3.63, 3.8) is 0 Å². The first-order valence-corrected chi connectivity index (χ1v) is 6.38. The molecule has 19 heavy (non-hydrogen) atoms. The van der Waals surface area contributed by atoms with E-state index >= 15 is 0 Å². The molecule has 0 radical (unpaired) electrons. The largest absolute Gasteiger partial charge is 0.389 e. The highest BCUT2D eigenvalue weighted by Crippen LogP contribution is 2.21. The lowest BCUT2D eigenvalue weighted by atomic mass is 10.1. The molecule has 0 bridgehead atoms. The molecule has 1 heterocycles. The van der Waals surface area contributed by atoms with Crippen molar-refractivity contribution in [3.8, 4) is 0 Å². The Balaban J connectivity index is 1.68. The highest BCUT2D eigenvalue weighted by atomic mass is 19.4. The second kappa shape index (κ2) is 6.10. The van der Waals surface area contributed by atoms with Crippen molar-refractivity contribution in [2.75, 3.05) is 6.54 Å². The second-order valence-electron chi connectivity index (χ2n) is 4.65. The smallest absolute Gasteiger partial charge is 0.361 e. The van der Waals surface area contributed by atoms with Gasteiger partial charge in [-0.15, -0.1) is 0 Å². The molecule has 0 aliphatic heterocycles. The van der Waals surface area contributed by atoms with Crippen molar-refractivity contribution >= 4 is 10.9 Å². The molecule has 1 aromatic heterocycles. The van der Waals surface area contributed by atoms with Gasteiger partial charge in [0.05, 0.1) is 0 Å². The maximum Gasteiger partial charge on any atom is 0.389 e. The standard InChI is InChI=1S/C14H17F3N2/c15-14(16,17)6-1-2-7-18-10-11-3-4-13-12(9-11)5-8-19-13/h3-5,8-9,18-19H,1-2,6-7,10H2. The van der Waals surface area contributed by atoms with E-state index in [2.05, 4.69) is 16.4 Å². The summed E-state index contributed by atoms with van der Waals surface area (Å²) in [5.41, 5.74) is 2.23. The van der Waals surface area contributed by atoms with Crippen LogP contribution in [0, 0.1) is 0 Å². The van der Waals surface area contributed by atoms with Crippen molar-refractivity contribution in [1.29, 1.82) is 0 Å². The summed E-state index contributed by atoms with van der Waals surface area (Å²) in [5.74, 6) is 0. The molecule has 0 saturated carbocycles. The van der Waals surface area contributed by atoms with E-state index in [-0.39, 0.29) is 6.42 Å². The molecule has 2 N–H and O–H groups in total. The van der Waals surface area contributed by atoms with E-state index < -0.39 is 12.6 Å². The molecule has 0 aliphatic carbocycles. The Morgan fingerprint density at radius 2 is 1.95 bits per heavy atom. The molecule has 104 valence electrons. The number of rotatable bonds is 6. The Morgan fingerprint density at radius 3 is 2.74 bits per heavy atom. The number of halogens is 3. The van der Waals surface area contributed by atoms with Crippen LogP contribution in [0.4, 0.5) is 13.2 Å². The van der Waals surface area contributed by atoms with Crippen molar-refractivity contribution in [2.45, 2.75) is 32.0 Å². The van der Waals surface area contributed by atoms with Crippen LogP contribution in [0.3, 0.4) is 0 Å². The van der Waals surface area contributed by atoms with Crippen LogP contribution in [-0.4, -0.2) is 17.7 Å². The summed E-state index contributed by atoms with van der Waals surface area (Å²) < 4.78 is 35.8. The normalized spacial score (nSPS) is 12.2. The topological polar surface area (TPSA) is 27.8 Å². The fourth-order valence-electron chi connectivity index (χ4n) is 2.02. The van der Waals surface area contributed by atoms with Gasteiger partial charge in [-0.05, 0) is 48.5 Å². The van der Waals surface area contributed by atoms with Gasteiger partial charge in [-0.25, -0.2) is 0 Å². The summed E-state index contributed by atoms with van der Waals surface area (Å²) in [5, 5.41) is 4.32. The molecule has 0 saturated heterocycles. The van der Waals surface area contributed by atoms with Crippen molar-refractivity contribution < 1.29 is 13.2 Å². The lowest BCUT2D eigenvalue weighted by Gasteiger charge is -2.07.